The van der Waals surface area contributed by atoms with E-state index in [4.69, 9.17) is 10.5 Å². The first-order valence-electron chi connectivity index (χ1n) is 6.98. The molecule has 2 amide bonds. The maximum atomic E-state index is 12.1. The van der Waals surface area contributed by atoms with E-state index < -0.39 is 5.91 Å². The number of hydrogen-bond donors (Lipinski definition) is 2. The molecule has 0 saturated carbocycles. The molecule has 0 fully saturated rings. The van der Waals surface area contributed by atoms with E-state index in [-0.39, 0.29) is 30.8 Å². The fourth-order valence-electron chi connectivity index (χ4n) is 1.61. The van der Waals surface area contributed by atoms with Crippen LogP contribution in [-0.2, 0) is 14.3 Å². The summed E-state index contributed by atoms with van der Waals surface area (Å²) in [6.45, 7) is 2.10. The van der Waals surface area contributed by atoms with Crippen molar-refractivity contribution >= 4 is 29.5 Å². The van der Waals surface area contributed by atoms with Crippen molar-refractivity contribution in [3.63, 3.8) is 0 Å². The van der Waals surface area contributed by atoms with Gasteiger partial charge >= 0.3 is 5.97 Å². The number of rotatable bonds is 9. The minimum atomic E-state index is -0.467. The minimum Gasteiger partial charge on any atom is -0.454 e. The van der Waals surface area contributed by atoms with Gasteiger partial charge in [0.2, 0.25) is 5.91 Å². The quantitative estimate of drug-likeness (QED) is 0.409. The predicted molar refractivity (Wildman–Crippen MR) is 84.3 cm³/mol. The summed E-state index contributed by atoms with van der Waals surface area (Å²) in [5.74, 6) is -0.849. The smallest absolute Gasteiger partial charge is 0.306 e. The molecule has 0 heterocycles. The SMILES string of the molecule is CCCC(=O)OCSc1ccccc1C(=O)NCCC(N)=O. The standard InChI is InChI=1S/C15H20N2O4S/c1-2-5-14(19)21-10-22-12-7-4-3-6-11(12)15(20)17-9-8-13(16)18/h3-4,6-7H,2,5,8-10H2,1H3,(H2,16,18)(H,17,20). The van der Waals surface area contributed by atoms with Crippen LogP contribution >= 0.6 is 11.8 Å². The summed E-state index contributed by atoms with van der Waals surface area (Å²) >= 11 is 1.27. The first-order valence-corrected chi connectivity index (χ1v) is 7.97. The molecule has 1 aromatic rings. The molecule has 0 aliphatic rings. The van der Waals surface area contributed by atoms with E-state index in [0.29, 0.717) is 16.9 Å². The summed E-state index contributed by atoms with van der Waals surface area (Å²) in [5, 5.41) is 2.63. The number of nitrogens with two attached hydrogens (primary N) is 1. The Balaban J connectivity index is 2.55. The summed E-state index contributed by atoms with van der Waals surface area (Å²) in [5.41, 5.74) is 5.50. The highest BCUT2D eigenvalue weighted by Gasteiger charge is 2.12. The third-order valence-corrected chi connectivity index (χ3v) is 3.58. The van der Waals surface area contributed by atoms with E-state index >= 15 is 0 Å². The van der Waals surface area contributed by atoms with Crippen LogP contribution in [0.15, 0.2) is 29.2 Å². The number of hydrogen-bond acceptors (Lipinski definition) is 5. The lowest BCUT2D eigenvalue weighted by molar-refractivity contribution is -0.141. The highest BCUT2D eigenvalue weighted by Crippen LogP contribution is 2.22. The number of esters is 1. The predicted octanol–water partition coefficient (Wildman–Crippen LogP) is 1.68. The number of primary amides is 1. The molecule has 0 aliphatic heterocycles. The summed E-state index contributed by atoms with van der Waals surface area (Å²) in [7, 11) is 0. The lowest BCUT2D eigenvalue weighted by Gasteiger charge is -2.09. The molecular formula is C15H20N2O4S. The van der Waals surface area contributed by atoms with Crippen LogP contribution in [0, 0.1) is 0 Å². The van der Waals surface area contributed by atoms with Crippen LogP contribution in [0.1, 0.15) is 36.5 Å². The van der Waals surface area contributed by atoms with Gasteiger partial charge < -0.3 is 15.8 Å². The maximum Gasteiger partial charge on any atom is 0.306 e. The van der Waals surface area contributed by atoms with Crippen molar-refractivity contribution in [3.8, 4) is 0 Å². The van der Waals surface area contributed by atoms with Gasteiger partial charge in [0.1, 0.15) is 5.94 Å². The Kier molecular flexibility index (Phi) is 8.06. The van der Waals surface area contributed by atoms with Gasteiger partial charge in [-0.05, 0) is 18.6 Å². The Labute approximate surface area is 133 Å². The van der Waals surface area contributed by atoms with Crippen molar-refractivity contribution in [1.29, 1.82) is 0 Å². The van der Waals surface area contributed by atoms with Gasteiger partial charge in [0.05, 0.1) is 5.56 Å². The van der Waals surface area contributed by atoms with Gasteiger partial charge in [-0.15, -0.1) is 0 Å². The normalized spacial score (nSPS) is 10.0. The van der Waals surface area contributed by atoms with Gasteiger partial charge in [0, 0.05) is 24.3 Å². The van der Waals surface area contributed by atoms with E-state index in [1.807, 2.05) is 6.92 Å². The number of ether oxygens (including phenoxy) is 1. The topological polar surface area (TPSA) is 98.5 Å². The van der Waals surface area contributed by atoms with Crippen molar-refractivity contribution in [2.75, 3.05) is 12.5 Å². The fourth-order valence-corrected chi connectivity index (χ4v) is 2.42. The molecule has 7 heteroatoms. The Morgan fingerprint density at radius 1 is 1.23 bits per heavy atom. The largest absolute Gasteiger partial charge is 0.454 e. The van der Waals surface area contributed by atoms with Crippen molar-refractivity contribution in [1.82, 2.24) is 5.32 Å². The van der Waals surface area contributed by atoms with Gasteiger partial charge in [-0.3, -0.25) is 14.4 Å². The van der Waals surface area contributed by atoms with Crippen LogP contribution in [0.3, 0.4) is 0 Å². The molecule has 6 nitrogen and oxygen atoms in total. The van der Waals surface area contributed by atoms with Crippen LogP contribution in [0.5, 0.6) is 0 Å². The average Bonchev–Trinajstić information content (AvgIpc) is 2.47. The van der Waals surface area contributed by atoms with E-state index in [0.717, 1.165) is 6.42 Å². The molecule has 22 heavy (non-hydrogen) atoms. The first kappa shape index (κ1) is 18.0. The van der Waals surface area contributed by atoms with Gasteiger partial charge in [-0.25, -0.2) is 0 Å². The highest BCUT2D eigenvalue weighted by atomic mass is 32.2. The zero-order valence-electron chi connectivity index (χ0n) is 12.5. The van der Waals surface area contributed by atoms with Crippen molar-refractivity contribution in [2.45, 2.75) is 31.1 Å². The summed E-state index contributed by atoms with van der Waals surface area (Å²) in [4.78, 5) is 34.7. The lowest BCUT2D eigenvalue weighted by atomic mass is 10.2. The van der Waals surface area contributed by atoms with Gasteiger partial charge in [0.25, 0.3) is 5.91 Å². The second kappa shape index (κ2) is 9.83. The van der Waals surface area contributed by atoms with Crippen molar-refractivity contribution < 1.29 is 19.1 Å². The molecule has 0 bridgehead atoms. The number of thioether (sulfide) groups is 1. The molecule has 3 N–H and O–H groups in total. The third-order valence-electron chi connectivity index (χ3n) is 2.68. The molecule has 0 saturated heterocycles. The Morgan fingerprint density at radius 2 is 1.95 bits per heavy atom. The monoisotopic (exact) mass is 324 g/mol. The second-order valence-corrected chi connectivity index (χ2v) is 5.46. The van der Waals surface area contributed by atoms with Crippen molar-refractivity contribution in [2.24, 2.45) is 5.73 Å². The van der Waals surface area contributed by atoms with Crippen LogP contribution in [0.4, 0.5) is 0 Å². The molecule has 0 atom stereocenters. The zero-order chi connectivity index (χ0) is 16.4. The van der Waals surface area contributed by atoms with Crippen LogP contribution in [-0.4, -0.2) is 30.3 Å². The molecular weight excluding hydrogens is 304 g/mol. The molecule has 0 radical (unpaired) electrons. The molecule has 120 valence electrons. The number of carbonyl (C=O) groups excluding carboxylic acids is 3. The van der Waals surface area contributed by atoms with E-state index in [1.54, 1.807) is 24.3 Å². The van der Waals surface area contributed by atoms with Crippen LogP contribution in [0.2, 0.25) is 0 Å². The fraction of sp³-hybridized carbons (Fsp3) is 0.400. The average molecular weight is 324 g/mol. The second-order valence-electron chi connectivity index (χ2n) is 4.50. The number of carbonyl (C=O) groups is 3. The highest BCUT2D eigenvalue weighted by molar-refractivity contribution is 7.99. The molecule has 0 aliphatic carbocycles. The Hall–Kier alpha value is -2.02. The van der Waals surface area contributed by atoms with E-state index in [9.17, 15) is 14.4 Å². The Bertz CT molecular complexity index is 534. The minimum absolute atomic E-state index is 0.0929. The van der Waals surface area contributed by atoms with Gasteiger partial charge in [-0.1, -0.05) is 30.8 Å². The van der Waals surface area contributed by atoms with Crippen LogP contribution in [0.25, 0.3) is 0 Å². The third kappa shape index (κ3) is 6.62. The first-order chi connectivity index (χ1) is 10.5. The number of amides is 2. The lowest BCUT2D eigenvalue weighted by Crippen LogP contribution is -2.28. The molecule has 1 aromatic carbocycles. The summed E-state index contributed by atoms with van der Waals surface area (Å²) in [6.07, 6.45) is 1.22. The van der Waals surface area contributed by atoms with Crippen molar-refractivity contribution in [3.05, 3.63) is 29.8 Å². The summed E-state index contributed by atoms with van der Waals surface area (Å²) < 4.78 is 5.06. The van der Waals surface area contributed by atoms with Gasteiger partial charge in [0.15, 0.2) is 0 Å². The molecule has 0 unspecified atom stereocenters. The van der Waals surface area contributed by atoms with E-state index in [1.165, 1.54) is 11.8 Å². The van der Waals surface area contributed by atoms with Gasteiger partial charge in [-0.2, -0.15) is 0 Å². The van der Waals surface area contributed by atoms with Crippen LogP contribution < -0.4 is 11.1 Å². The molecule has 1 rings (SSSR count). The molecule has 0 aromatic heterocycles. The number of nitrogens with one attached hydrogen (secondary N) is 1. The Morgan fingerprint density at radius 3 is 2.64 bits per heavy atom. The maximum absolute atomic E-state index is 12.1. The van der Waals surface area contributed by atoms with E-state index in [2.05, 4.69) is 5.32 Å². The zero-order valence-corrected chi connectivity index (χ0v) is 13.3. The number of benzene rings is 1. The summed E-state index contributed by atoms with van der Waals surface area (Å²) in [6, 6.07) is 7.00. The molecule has 0 spiro atoms.